The molecular formula is C20H21ClN6O2. The second-order valence-corrected chi connectivity index (χ2v) is 7.21. The van der Waals surface area contributed by atoms with Crippen LogP contribution in [-0.2, 0) is 17.9 Å². The minimum atomic E-state index is -0.116. The minimum Gasteiger partial charge on any atom is -0.464 e. The van der Waals surface area contributed by atoms with Crippen LogP contribution in [0.25, 0.3) is 22.4 Å². The number of fused-ring (bicyclic) bond motifs is 1. The van der Waals surface area contributed by atoms with Crippen LogP contribution in [0.1, 0.15) is 17.8 Å². The Bertz CT molecular complexity index is 1130. The van der Waals surface area contributed by atoms with E-state index in [0.717, 1.165) is 34.5 Å². The lowest BCUT2D eigenvalue weighted by Gasteiger charge is -2.06. The Hall–Kier alpha value is -3.13. The monoisotopic (exact) mass is 412 g/mol. The number of furan rings is 1. The van der Waals surface area contributed by atoms with E-state index >= 15 is 0 Å². The van der Waals surface area contributed by atoms with Gasteiger partial charge in [0.05, 0.1) is 28.1 Å². The van der Waals surface area contributed by atoms with Gasteiger partial charge in [-0.3, -0.25) is 9.48 Å². The van der Waals surface area contributed by atoms with E-state index in [2.05, 4.69) is 20.5 Å². The molecule has 29 heavy (non-hydrogen) atoms. The molecule has 4 rings (SSSR count). The van der Waals surface area contributed by atoms with Gasteiger partial charge in [0.25, 0.3) is 0 Å². The quantitative estimate of drug-likeness (QED) is 0.470. The van der Waals surface area contributed by atoms with E-state index in [1.54, 1.807) is 28.0 Å². The number of halogens is 1. The number of carbonyl (C=O) groups is 1. The van der Waals surface area contributed by atoms with Gasteiger partial charge in [0.15, 0.2) is 5.65 Å². The van der Waals surface area contributed by atoms with Gasteiger partial charge in [0.1, 0.15) is 12.3 Å². The molecule has 1 amide bonds. The molecule has 1 N–H and O–H groups in total. The molecule has 0 atom stereocenters. The van der Waals surface area contributed by atoms with E-state index in [0.29, 0.717) is 23.8 Å². The predicted octanol–water partition coefficient (Wildman–Crippen LogP) is 3.36. The minimum absolute atomic E-state index is 0.103. The summed E-state index contributed by atoms with van der Waals surface area (Å²) in [5, 5.41) is 13.3. The first-order valence-electron chi connectivity index (χ1n) is 9.35. The number of aromatic nitrogens is 5. The van der Waals surface area contributed by atoms with E-state index in [9.17, 15) is 4.79 Å². The standard InChI is InChI=1S/C20H21ClN6O2/c1-13-16(21)11-26(24-13)9-4-7-22-18(28)12-27-20-19(14(2)25-27)15(6-8-23-20)17-5-3-10-29-17/h3,5-6,8,10-11H,4,7,9,12H2,1-2H3,(H,22,28). The largest absolute Gasteiger partial charge is 0.464 e. The van der Waals surface area contributed by atoms with Gasteiger partial charge < -0.3 is 9.73 Å². The van der Waals surface area contributed by atoms with Gasteiger partial charge in [-0.2, -0.15) is 10.2 Å². The summed E-state index contributed by atoms with van der Waals surface area (Å²) >= 11 is 6.00. The number of aryl methyl sites for hydroxylation is 3. The van der Waals surface area contributed by atoms with Crippen LogP contribution in [-0.4, -0.2) is 37.0 Å². The van der Waals surface area contributed by atoms with E-state index < -0.39 is 0 Å². The van der Waals surface area contributed by atoms with Crippen molar-refractivity contribution in [2.24, 2.45) is 0 Å². The van der Waals surface area contributed by atoms with E-state index in [1.807, 2.05) is 32.0 Å². The topological polar surface area (TPSA) is 90.8 Å². The Balaban J connectivity index is 1.40. The number of carbonyl (C=O) groups excluding carboxylic acids is 1. The van der Waals surface area contributed by atoms with Gasteiger partial charge in [-0.25, -0.2) is 9.67 Å². The highest BCUT2D eigenvalue weighted by Gasteiger charge is 2.16. The van der Waals surface area contributed by atoms with Gasteiger partial charge in [0, 0.05) is 31.0 Å². The van der Waals surface area contributed by atoms with Crippen LogP contribution in [0.4, 0.5) is 0 Å². The van der Waals surface area contributed by atoms with Gasteiger partial charge >= 0.3 is 0 Å². The molecule has 0 aliphatic rings. The third-order valence-electron chi connectivity index (χ3n) is 4.66. The van der Waals surface area contributed by atoms with Crippen molar-refractivity contribution in [2.75, 3.05) is 6.54 Å². The highest BCUT2D eigenvalue weighted by molar-refractivity contribution is 6.31. The fourth-order valence-corrected chi connectivity index (χ4v) is 3.45. The molecule has 0 saturated carbocycles. The van der Waals surface area contributed by atoms with Crippen molar-refractivity contribution in [3.63, 3.8) is 0 Å². The lowest BCUT2D eigenvalue weighted by atomic mass is 10.1. The summed E-state index contributed by atoms with van der Waals surface area (Å²) in [6, 6.07) is 5.63. The molecule has 8 nitrogen and oxygen atoms in total. The first kappa shape index (κ1) is 19.2. The summed E-state index contributed by atoms with van der Waals surface area (Å²) in [5.74, 6) is 0.632. The van der Waals surface area contributed by atoms with Crippen LogP contribution >= 0.6 is 11.6 Å². The summed E-state index contributed by atoms with van der Waals surface area (Å²) < 4.78 is 8.94. The van der Waals surface area contributed by atoms with Crippen molar-refractivity contribution in [3.05, 3.63) is 53.3 Å². The SMILES string of the molecule is Cc1nn(CCCNC(=O)Cn2nc(C)c3c(-c4ccco4)ccnc32)cc1Cl. The molecule has 0 fully saturated rings. The normalized spacial score (nSPS) is 11.3. The molecule has 0 radical (unpaired) electrons. The van der Waals surface area contributed by atoms with Crippen molar-refractivity contribution in [3.8, 4) is 11.3 Å². The maximum absolute atomic E-state index is 12.4. The Labute approximate surface area is 172 Å². The molecule has 150 valence electrons. The number of pyridine rings is 1. The molecule has 4 aromatic heterocycles. The highest BCUT2D eigenvalue weighted by Crippen LogP contribution is 2.29. The van der Waals surface area contributed by atoms with Crippen LogP contribution in [0.3, 0.4) is 0 Å². The van der Waals surface area contributed by atoms with E-state index in [-0.39, 0.29) is 12.5 Å². The Morgan fingerprint density at radius 2 is 2.10 bits per heavy atom. The Morgan fingerprint density at radius 3 is 2.83 bits per heavy atom. The van der Waals surface area contributed by atoms with Crippen LogP contribution in [0, 0.1) is 13.8 Å². The second-order valence-electron chi connectivity index (χ2n) is 6.81. The average molecular weight is 413 g/mol. The second kappa shape index (κ2) is 8.08. The fourth-order valence-electron chi connectivity index (χ4n) is 3.30. The van der Waals surface area contributed by atoms with Crippen molar-refractivity contribution in [2.45, 2.75) is 33.4 Å². The summed E-state index contributed by atoms with van der Waals surface area (Å²) in [5.41, 5.74) is 3.18. The molecule has 4 aromatic rings. The fraction of sp³-hybridized carbons (Fsp3) is 0.300. The zero-order chi connectivity index (χ0) is 20.4. The lowest BCUT2D eigenvalue weighted by Crippen LogP contribution is -2.29. The third kappa shape index (κ3) is 4.02. The number of hydrogen-bond acceptors (Lipinski definition) is 5. The molecule has 4 heterocycles. The van der Waals surface area contributed by atoms with Crippen LogP contribution in [0.2, 0.25) is 5.02 Å². The van der Waals surface area contributed by atoms with E-state index in [4.69, 9.17) is 16.0 Å². The van der Waals surface area contributed by atoms with Crippen LogP contribution in [0.15, 0.2) is 41.3 Å². The first-order chi connectivity index (χ1) is 14.0. The maximum Gasteiger partial charge on any atom is 0.241 e. The molecule has 0 spiro atoms. The van der Waals surface area contributed by atoms with E-state index in [1.165, 1.54) is 0 Å². The van der Waals surface area contributed by atoms with Crippen molar-refractivity contribution in [1.29, 1.82) is 0 Å². The molecule has 0 aliphatic carbocycles. The van der Waals surface area contributed by atoms with Crippen molar-refractivity contribution < 1.29 is 9.21 Å². The van der Waals surface area contributed by atoms with Crippen LogP contribution < -0.4 is 5.32 Å². The smallest absolute Gasteiger partial charge is 0.241 e. The number of amides is 1. The summed E-state index contributed by atoms with van der Waals surface area (Å²) in [6.45, 7) is 5.10. The number of nitrogens with one attached hydrogen (secondary N) is 1. The number of nitrogens with zero attached hydrogens (tertiary/aromatic N) is 5. The highest BCUT2D eigenvalue weighted by atomic mass is 35.5. The molecule has 0 aliphatic heterocycles. The summed E-state index contributed by atoms with van der Waals surface area (Å²) in [4.78, 5) is 16.8. The zero-order valence-corrected chi connectivity index (χ0v) is 17.0. The lowest BCUT2D eigenvalue weighted by molar-refractivity contribution is -0.121. The molecule has 9 heteroatoms. The zero-order valence-electron chi connectivity index (χ0n) is 16.2. The van der Waals surface area contributed by atoms with Gasteiger partial charge in [-0.1, -0.05) is 11.6 Å². The van der Waals surface area contributed by atoms with Crippen molar-refractivity contribution >= 4 is 28.5 Å². The molecule has 0 bridgehead atoms. The van der Waals surface area contributed by atoms with Crippen LogP contribution in [0.5, 0.6) is 0 Å². The third-order valence-corrected chi connectivity index (χ3v) is 5.03. The first-order valence-corrected chi connectivity index (χ1v) is 9.73. The Morgan fingerprint density at radius 1 is 1.24 bits per heavy atom. The van der Waals surface area contributed by atoms with Crippen molar-refractivity contribution in [1.82, 2.24) is 29.9 Å². The predicted molar refractivity (Wildman–Crippen MR) is 110 cm³/mol. The number of hydrogen-bond donors (Lipinski definition) is 1. The van der Waals surface area contributed by atoms with Gasteiger partial charge in [0.2, 0.25) is 5.91 Å². The average Bonchev–Trinajstić information content (AvgIpc) is 3.41. The molecular weight excluding hydrogens is 392 g/mol. The Kier molecular flexibility index (Phi) is 5.35. The maximum atomic E-state index is 12.4. The number of rotatable bonds is 7. The molecule has 0 unspecified atom stereocenters. The van der Waals surface area contributed by atoms with Gasteiger partial charge in [-0.15, -0.1) is 0 Å². The summed E-state index contributed by atoms with van der Waals surface area (Å²) in [6.07, 6.45) is 5.88. The molecule has 0 aromatic carbocycles. The summed E-state index contributed by atoms with van der Waals surface area (Å²) in [7, 11) is 0. The van der Waals surface area contributed by atoms with Gasteiger partial charge in [-0.05, 0) is 38.5 Å². The molecule has 0 saturated heterocycles.